The van der Waals surface area contributed by atoms with Crippen LogP contribution < -0.4 is 25.4 Å². The Kier molecular flexibility index (Phi) is 10.6. The van der Waals surface area contributed by atoms with Crippen LogP contribution in [-0.2, 0) is 9.59 Å². The molecular formula is C34H33N3O5S. The number of benzene rings is 4. The first-order valence-corrected chi connectivity index (χ1v) is 14.5. The summed E-state index contributed by atoms with van der Waals surface area (Å²) in [5.41, 5.74) is 4.45. The number of ether oxygens (including phenoxy) is 2. The molecule has 3 N–H and O–H groups in total. The van der Waals surface area contributed by atoms with Crippen molar-refractivity contribution >= 4 is 46.9 Å². The fourth-order valence-electron chi connectivity index (χ4n) is 4.18. The Labute approximate surface area is 255 Å². The van der Waals surface area contributed by atoms with E-state index in [1.165, 1.54) is 32.1 Å². The first kappa shape index (κ1) is 30.9. The maximum Gasteiger partial charge on any atom is 0.272 e. The second-order valence-corrected chi connectivity index (χ2v) is 10.6. The minimum Gasteiger partial charge on any atom is -0.493 e. The molecule has 0 atom stereocenters. The fraction of sp³-hybridized carbons (Fsp3) is 0.147. The molecule has 0 aromatic heterocycles. The van der Waals surface area contributed by atoms with Crippen LogP contribution in [0.4, 0.5) is 11.4 Å². The summed E-state index contributed by atoms with van der Waals surface area (Å²) >= 11 is 1.39. The van der Waals surface area contributed by atoms with E-state index < -0.39 is 11.8 Å². The Balaban J connectivity index is 1.47. The largest absolute Gasteiger partial charge is 0.493 e. The summed E-state index contributed by atoms with van der Waals surface area (Å²) in [6.07, 6.45) is 1.54. The molecule has 0 aliphatic rings. The molecule has 0 unspecified atom stereocenters. The summed E-state index contributed by atoms with van der Waals surface area (Å²) in [5.74, 6) is 0.0819. The van der Waals surface area contributed by atoms with Gasteiger partial charge in [0.1, 0.15) is 5.70 Å². The van der Waals surface area contributed by atoms with Crippen molar-refractivity contribution in [3.8, 4) is 11.5 Å². The van der Waals surface area contributed by atoms with Crippen LogP contribution in [-0.4, -0.2) is 37.7 Å². The van der Waals surface area contributed by atoms with Gasteiger partial charge in [-0.25, -0.2) is 0 Å². The quantitative estimate of drug-likeness (QED) is 0.136. The van der Waals surface area contributed by atoms with Gasteiger partial charge < -0.3 is 25.4 Å². The lowest BCUT2D eigenvalue weighted by Gasteiger charge is -2.14. The van der Waals surface area contributed by atoms with E-state index in [1.54, 1.807) is 60.7 Å². The van der Waals surface area contributed by atoms with Crippen molar-refractivity contribution in [1.82, 2.24) is 5.32 Å². The number of carbonyl (C=O) groups is 3. The highest BCUT2D eigenvalue weighted by Crippen LogP contribution is 2.32. The van der Waals surface area contributed by atoms with E-state index in [0.717, 1.165) is 21.7 Å². The highest BCUT2D eigenvalue weighted by molar-refractivity contribution is 8.00. The highest BCUT2D eigenvalue weighted by Gasteiger charge is 2.17. The smallest absolute Gasteiger partial charge is 0.272 e. The van der Waals surface area contributed by atoms with Gasteiger partial charge in [0, 0.05) is 27.4 Å². The Morgan fingerprint density at radius 2 is 1.51 bits per heavy atom. The molecule has 0 spiro atoms. The summed E-state index contributed by atoms with van der Waals surface area (Å²) < 4.78 is 10.9. The van der Waals surface area contributed by atoms with Gasteiger partial charge in [-0.05, 0) is 79.6 Å². The first-order valence-electron chi connectivity index (χ1n) is 13.5. The first-order chi connectivity index (χ1) is 20.8. The third-order valence-electron chi connectivity index (χ3n) is 6.62. The number of amides is 3. The molecule has 0 fully saturated rings. The van der Waals surface area contributed by atoms with Crippen LogP contribution >= 0.6 is 11.8 Å². The minimum atomic E-state index is -0.526. The highest BCUT2D eigenvalue weighted by atomic mass is 32.2. The van der Waals surface area contributed by atoms with Crippen molar-refractivity contribution in [2.24, 2.45) is 0 Å². The SMILES string of the molecule is COc1cccc(/C=C(\NC(=O)c2ccccc2)C(=O)Nc2ccc(SCC(=O)Nc3cccc(C)c3C)cc2)c1OC. The molecule has 0 heterocycles. The Bertz CT molecular complexity index is 1640. The van der Waals surface area contributed by atoms with Crippen molar-refractivity contribution in [3.63, 3.8) is 0 Å². The van der Waals surface area contributed by atoms with Crippen LogP contribution in [0, 0.1) is 13.8 Å². The van der Waals surface area contributed by atoms with Gasteiger partial charge in [0.05, 0.1) is 20.0 Å². The van der Waals surface area contributed by atoms with Crippen molar-refractivity contribution < 1.29 is 23.9 Å². The number of hydrogen-bond donors (Lipinski definition) is 3. The summed E-state index contributed by atoms with van der Waals surface area (Å²) in [7, 11) is 3.03. The maximum absolute atomic E-state index is 13.4. The minimum absolute atomic E-state index is 0.0157. The second-order valence-electron chi connectivity index (χ2n) is 9.52. The van der Waals surface area contributed by atoms with Gasteiger partial charge in [-0.15, -0.1) is 11.8 Å². The van der Waals surface area contributed by atoms with E-state index in [-0.39, 0.29) is 17.4 Å². The van der Waals surface area contributed by atoms with Crippen LogP contribution in [0.2, 0.25) is 0 Å². The number of aryl methyl sites for hydroxylation is 1. The van der Waals surface area contributed by atoms with Gasteiger partial charge in [0.15, 0.2) is 11.5 Å². The van der Waals surface area contributed by atoms with E-state index in [2.05, 4.69) is 16.0 Å². The zero-order chi connectivity index (χ0) is 30.8. The molecule has 4 aromatic carbocycles. The second kappa shape index (κ2) is 14.7. The van der Waals surface area contributed by atoms with Crippen LogP contribution in [0.1, 0.15) is 27.0 Å². The Morgan fingerprint density at radius 3 is 2.21 bits per heavy atom. The topological polar surface area (TPSA) is 106 Å². The van der Waals surface area contributed by atoms with E-state index >= 15 is 0 Å². The number of methoxy groups -OCH3 is 2. The lowest BCUT2D eigenvalue weighted by molar-refractivity contribution is -0.114. The summed E-state index contributed by atoms with van der Waals surface area (Å²) in [6, 6.07) is 26.8. The Morgan fingerprint density at radius 1 is 0.791 bits per heavy atom. The van der Waals surface area contributed by atoms with E-state index in [4.69, 9.17) is 9.47 Å². The predicted molar refractivity (Wildman–Crippen MR) is 172 cm³/mol. The average molecular weight is 596 g/mol. The fourth-order valence-corrected chi connectivity index (χ4v) is 4.88. The van der Waals surface area contributed by atoms with E-state index in [9.17, 15) is 14.4 Å². The molecule has 0 saturated heterocycles. The lowest BCUT2D eigenvalue weighted by atomic mass is 10.1. The number of carbonyl (C=O) groups excluding carboxylic acids is 3. The molecule has 3 amide bonds. The summed E-state index contributed by atoms with van der Waals surface area (Å²) in [5, 5.41) is 8.53. The zero-order valence-electron chi connectivity index (χ0n) is 24.4. The number of anilines is 2. The molecule has 9 heteroatoms. The lowest BCUT2D eigenvalue weighted by Crippen LogP contribution is -2.30. The average Bonchev–Trinajstić information content (AvgIpc) is 3.02. The van der Waals surface area contributed by atoms with Gasteiger partial charge in [0.25, 0.3) is 11.8 Å². The molecule has 4 aromatic rings. The van der Waals surface area contributed by atoms with Gasteiger partial charge in [-0.2, -0.15) is 0 Å². The molecule has 0 aliphatic carbocycles. The van der Waals surface area contributed by atoms with Gasteiger partial charge in [-0.3, -0.25) is 14.4 Å². The Hall–Kier alpha value is -5.02. The molecule has 8 nitrogen and oxygen atoms in total. The monoisotopic (exact) mass is 595 g/mol. The third kappa shape index (κ3) is 8.27. The maximum atomic E-state index is 13.4. The van der Waals surface area contributed by atoms with E-state index in [1.807, 2.05) is 44.2 Å². The third-order valence-corrected chi connectivity index (χ3v) is 7.63. The van der Waals surface area contributed by atoms with Crippen LogP contribution in [0.3, 0.4) is 0 Å². The number of rotatable bonds is 11. The normalized spacial score (nSPS) is 10.9. The van der Waals surface area contributed by atoms with E-state index in [0.29, 0.717) is 28.3 Å². The molecule has 0 saturated carbocycles. The molecule has 4 rings (SSSR count). The van der Waals surface area contributed by atoms with Crippen molar-refractivity contribution in [3.05, 3.63) is 119 Å². The van der Waals surface area contributed by atoms with Gasteiger partial charge >= 0.3 is 0 Å². The van der Waals surface area contributed by atoms with Crippen LogP contribution in [0.5, 0.6) is 11.5 Å². The molecule has 220 valence electrons. The van der Waals surface area contributed by atoms with Crippen molar-refractivity contribution in [1.29, 1.82) is 0 Å². The van der Waals surface area contributed by atoms with Gasteiger partial charge in [-0.1, -0.05) is 42.5 Å². The van der Waals surface area contributed by atoms with Crippen LogP contribution in [0.25, 0.3) is 6.08 Å². The van der Waals surface area contributed by atoms with Crippen LogP contribution in [0.15, 0.2) is 102 Å². The predicted octanol–water partition coefficient (Wildman–Crippen LogP) is 6.46. The summed E-state index contributed by atoms with van der Waals surface area (Å²) in [4.78, 5) is 39.8. The van der Waals surface area contributed by atoms with Crippen molar-refractivity contribution in [2.45, 2.75) is 18.7 Å². The van der Waals surface area contributed by atoms with Crippen molar-refractivity contribution in [2.75, 3.05) is 30.6 Å². The van der Waals surface area contributed by atoms with Gasteiger partial charge in [0.2, 0.25) is 5.91 Å². The number of thioether (sulfide) groups is 1. The molecule has 0 aliphatic heterocycles. The molecule has 0 bridgehead atoms. The number of hydrogen-bond acceptors (Lipinski definition) is 6. The standard InChI is InChI=1S/C34H33N3O5S/c1-22-10-8-14-28(23(22)2)36-31(38)21-43-27-18-16-26(17-19-27)35-34(40)29(37-33(39)24-11-6-5-7-12-24)20-25-13-9-15-30(41-3)32(25)42-4/h5-20H,21H2,1-4H3,(H,35,40)(H,36,38)(H,37,39)/b29-20-. The zero-order valence-corrected chi connectivity index (χ0v) is 25.2. The molecule has 0 radical (unpaired) electrons. The summed E-state index contributed by atoms with van der Waals surface area (Å²) in [6.45, 7) is 3.98. The number of nitrogens with one attached hydrogen (secondary N) is 3. The molecular weight excluding hydrogens is 562 g/mol. The molecule has 43 heavy (non-hydrogen) atoms. The number of para-hydroxylation sites is 1.